The van der Waals surface area contributed by atoms with Crippen molar-refractivity contribution in [2.24, 2.45) is 0 Å². The number of aromatic nitrogens is 10. The van der Waals surface area contributed by atoms with Crippen molar-refractivity contribution >= 4 is 107 Å². The lowest BCUT2D eigenvalue weighted by atomic mass is 9.87. The van der Waals surface area contributed by atoms with Crippen LogP contribution in [0.5, 0.6) is 0 Å². The molecule has 12 heteroatoms. The summed E-state index contributed by atoms with van der Waals surface area (Å²) in [4.78, 5) is 40.4. The molecule has 0 amide bonds. The number of hydrogen-bond acceptors (Lipinski definition) is 10. The lowest BCUT2D eigenvalue weighted by Crippen LogP contribution is -2.10. The highest BCUT2D eigenvalue weighted by Crippen LogP contribution is 2.43. The van der Waals surface area contributed by atoms with Crippen LogP contribution in [-0.4, -0.2) is 49.0 Å². The molecule has 8 heterocycles. The molecule has 0 saturated heterocycles. The standard InChI is InChI=1S/C48H35N5S.C44H27N5S/c1-48(2,3)34-24-20-31(21-25-34)46-50-45(30-12-5-4-6-13-30)51-47(52-46)39-16-11-19-44(49-39)53-40-17-9-7-14-35(40)36-26-22-33(29-41(36)53)32-23-27-43-38(28-32)37-15-8-10-18-42(37)54-43;1-3-12-28(13-4-1)41-46-42(29-14-5-2-6-15-29)48-43(47-41)35-18-11-25-45-44(35)49-37-19-9-7-16-32(37)33-23-21-31(27-38(33)49)30-22-24-40-36(26-30)34-17-8-10-20-39(34)50-40/h4-29H,1-3H3;1-27H. The van der Waals surface area contributed by atoms with Crippen molar-refractivity contribution in [2.45, 2.75) is 26.2 Å². The zero-order chi connectivity index (χ0) is 69.4. The van der Waals surface area contributed by atoms with Gasteiger partial charge in [0.05, 0.1) is 27.6 Å². The normalized spacial score (nSPS) is 11.8. The molecule has 0 bridgehead atoms. The first-order valence-corrected chi connectivity index (χ1v) is 36.4. The number of rotatable bonds is 10. The third-order valence-electron chi connectivity index (χ3n) is 19.6. The molecular weight excluding hydrogens is 1310 g/mol. The van der Waals surface area contributed by atoms with Gasteiger partial charge >= 0.3 is 0 Å². The van der Waals surface area contributed by atoms with E-state index in [0.717, 1.165) is 83.4 Å². The SMILES string of the molecule is CC(C)(C)c1ccc(-c2nc(-c3ccccc3)nc(-c3cccc(-n4c5ccccc5c5ccc(-c6ccc7sc8ccccc8c7c6)cc54)n3)n2)cc1.c1ccc(-c2nc(-c3ccccc3)nc(-c3cccnc3-n3c4ccccc4c4ccc(-c5ccc6sc7ccccc7c6c5)cc43)n2)cc1. The smallest absolute Gasteiger partial charge is 0.182 e. The second-order valence-electron chi connectivity index (χ2n) is 27.1. The molecular formula is C92H62N10S2. The van der Waals surface area contributed by atoms with Crippen LogP contribution in [-0.2, 0) is 5.41 Å². The van der Waals surface area contributed by atoms with Gasteiger partial charge in [0.25, 0.3) is 0 Å². The molecule has 10 nitrogen and oxygen atoms in total. The zero-order valence-corrected chi connectivity index (χ0v) is 58.5. The van der Waals surface area contributed by atoms with E-state index in [4.69, 9.17) is 39.9 Å². The maximum absolute atomic E-state index is 5.28. The largest absolute Gasteiger partial charge is 0.294 e. The summed E-state index contributed by atoms with van der Waals surface area (Å²) >= 11 is 3.68. The Morgan fingerprint density at radius 1 is 0.260 bits per heavy atom. The number of thiophene rings is 2. The van der Waals surface area contributed by atoms with E-state index in [1.807, 2.05) is 138 Å². The molecule has 0 radical (unpaired) electrons. The summed E-state index contributed by atoms with van der Waals surface area (Å²) in [5.74, 6) is 5.11. The van der Waals surface area contributed by atoms with Gasteiger partial charge in [0.1, 0.15) is 17.3 Å². The average Bonchev–Trinajstić information content (AvgIpc) is 1.58. The quantitative estimate of drug-likeness (QED) is 0.133. The molecule has 0 saturated carbocycles. The Labute approximate surface area is 607 Å². The maximum atomic E-state index is 5.28. The lowest BCUT2D eigenvalue weighted by molar-refractivity contribution is 0.590. The molecule has 0 aliphatic rings. The second-order valence-corrected chi connectivity index (χ2v) is 29.2. The fourth-order valence-electron chi connectivity index (χ4n) is 14.4. The summed E-state index contributed by atoms with van der Waals surface area (Å²) in [5.41, 5.74) is 15.5. The van der Waals surface area contributed by atoms with E-state index in [9.17, 15) is 0 Å². The van der Waals surface area contributed by atoms with Gasteiger partial charge in [-0.1, -0.05) is 251 Å². The van der Waals surface area contributed by atoms with E-state index < -0.39 is 0 Å². The fraction of sp³-hybridized carbons (Fsp3) is 0.0435. The minimum absolute atomic E-state index is 0.0441. The van der Waals surface area contributed by atoms with Gasteiger partial charge in [-0.15, -0.1) is 22.7 Å². The van der Waals surface area contributed by atoms with Crippen molar-refractivity contribution in [3.8, 4) is 102 Å². The van der Waals surface area contributed by atoms with Crippen LogP contribution in [0, 0.1) is 0 Å². The topological polar surface area (TPSA) is 113 Å². The van der Waals surface area contributed by atoms with Crippen LogP contribution in [0.25, 0.3) is 186 Å². The summed E-state index contributed by atoms with van der Waals surface area (Å²) < 4.78 is 9.74. The number of pyridine rings is 2. The number of fused-ring (bicyclic) bond motifs is 12. The van der Waals surface area contributed by atoms with Gasteiger partial charge in [-0.25, -0.2) is 39.9 Å². The van der Waals surface area contributed by atoms with Crippen LogP contribution in [0.4, 0.5) is 0 Å². The number of hydrogen-bond donors (Lipinski definition) is 0. The van der Waals surface area contributed by atoms with Crippen LogP contribution < -0.4 is 0 Å². The van der Waals surface area contributed by atoms with Gasteiger partial charge in [-0.3, -0.25) is 9.13 Å². The Hall–Kier alpha value is -13.0. The Kier molecular flexibility index (Phi) is 15.2. The molecule has 492 valence electrons. The lowest BCUT2D eigenvalue weighted by Gasteiger charge is -2.19. The minimum atomic E-state index is 0.0441. The van der Waals surface area contributed by atoms with Gasteiger partial charge in [-0.05, 0) is 118 Å². The van der Waals surface area contributed by atoms with Crippen LogP contribution >= 0.6 is 22.7 Å². The molecule has 12 aromatic carbocycles. The number of para-hydroxylation sites is 2. The highest BCUT2D eigenvalue weighted by atomic mass is 32.1. The summed E-state index contributed by atoms with van der Waals surface area (Å²) in [6, 6.07) is 110. The Morgan fingerprint density at radius 3 is 1.17 bits per heavy atom. The monoisotopic (exact) mass is 1370 g/mol. The average molecular weight is 1370 g/mol. The van der Waals surface area contributed by atoms with Gasteiger partial charge in [0.15, 0.2) is 34.9 Å². The third kappa shape index (κ3) is 11.2. The van der Waals surface area contributed by atoms with Crippen LogP contribution in [0.3, 0.4) is 0 Å². The highest BCUT2D eigenvalue weighted by molar-refractivity contribution is 7.26. The van der Waals surface area contributed by atoms with Crippen molar-refractivity contribution in [2.75, 3.05) is 0 Å². The Bertz CT molecular complexity index is 6650. The van der Waals surface area contributed by atoms with E-state index in [-0.39, 0.29) is 5.41 Å². The van der Waals surface area contributed by atoms with Gasteiger partial charge in [-0.2, -0.15) is 0 Å². The molecule has 20 aromatic rings. The summed E-state index contributed by atoms with van der Waals surface area (Å²) in [6.07, 6.45) is 1.84. The summed E-state index contributed by atoms with van der Waals surface area (Å²) in [7, 11) is 0. The molecule has 0 atom stereocenters. The van der Waals surface area contributed by atoms with Gasteiger partial charge in [0.2, 0.25) is 0 Å². The summed E-state index contributed by atoms with van der Waals surface area (Å²) in [6.45, 7) is 6.66. The molecule has 0 unspecified atom stereocenters. The number of benzene rings is 12. The van der Waals surface area contributed by atoms with Crippen molar-refractivity contribution in [1.29, 1.82) is 0 Å². The van der Waals surface area contributed by atoms with E-state index in [1.165, 1.54) is 67.8 Å². The molecule has 0 N–H and O–H groups in total. The van der Waals surface area contributed by atoms with Crippen LogP contribution in [0.2, 0.25) is 0 Å². The highest BCUT2D eigenvalue weighted by Gasteiger charge is 2.24. The molecule has 0 aliphatic carbocycles. The zero-order valence-electron chi connectivity index (χ0n) is 56.9. The second kappa shape index (κ2) is 25.6. The van der Waals surface area contributed by atoms with E-state index in [2.05, 4.69) is 236 Å². The first-order valence-electron chi connectivity index (χ1n) is 34.8. The Balaban J connectivity index is 0.000000144. The number of nitrogens with zero attached hydrogens (tertiary/aromatic N) is 10. The minimum Gasteiger partial charge on any atom is -0.294 e. The fourth-order valence-corrected chi connectivity index (χ4v) is 16.6. The molecule has 20 rings (SSSR count). The van der Waals surface area contributed by atoms with E-state index >= 15 is 0 Å². The molecule has 0 aliphatic heterocycles. The van der Waals surface area contributed by atoms with Crippen molar-refractivity contribution in [3.63, 3.8) is 0 Å². The molecule has 0 spiro atoms. The predicted molar refractivity (Wildman–Crippen MR) is 432 cm³/mol. The van der Waals surface area contributed by atoms with Crippen LogP contribution in [0.1, 0.15) is 26.3 Å². The molecule has 8 aromatic heterocycles. The van der Waals surface area contributed by atoms with E-state index in [0.29, 0.717) is 40.6 Å². The van der Waals surface area contributed by atoms with Crippen molar-refractivity contribution < 1.29 is 0 Å². The molecule has 104 heavy (non-hydrogen) atoms. The van der Waals surface area contributed by atoms with Crippen molar-refractivity contribution in [1.82, 2.24) is 49.0 Å². The van der Waals surface area contributed by atoms with E-state index in [1.54, 1.807) is 0 Å². The molecule has 0 fully saturated rings. The van der Waals surface area contributed by atoms with Crippen molar-refractivity contribution in [3.05, 3.63) is 327 Å². The van der Waals surface area contributed by atoms with Gasteiger partial charge < -0.3 is 0 Å². The summed E-state index contributed by atoms with van der Waals surface area (Å²) in [5, 5.41) is 9.85. The van der Waals surface area contributed by atoms with Crippen LogP contribution in [0.15, 0.2) is 322 Å². The third-order valence-corrected chi connectivity index (χ3v) is 21.9. The Morgan fingerprint density at radius 2 is 0.654 bits per heavy atom. The maximum Gasteiger partial charge on any atom is 0.182 e. The van der Waals surface area contributed by atoms with Gasteiger partial charge in [0, 0.05) is 90.3 Å². The first-order chi connectivity index (χ1) is 51.2. The predicted octanol–water partition coefficient (Wildman–Crippen LogP) is 24.1. The first kappa shape index (κ1) is 62.0.